The Balaban J connectivity index is -0.000000150. The van der Waals surface area contributed by atoms with Crippen LogP contribution in [0.4, 0.5) is 0 Å². The van der Waals surface area contributed by atoms with Crippen LogP contribution >= 0.6 is 0 Å². The van der Waals surface area contributed by atoms with E-state index in [1.54, 1.807) is 0 Å². The average molecular weight is 178 g/mol. The molecule has 0 N–H and O–H groups in total. The van der Waals surface area contributed by atoms with Crippen LogP contribution in [0.3, 0.4) is 0 Å². The maximum absolute atomic E-state index is 9.92. The first kappa shape index (κ1) is 14.2. The summed E-state index contributed by atoms with van der Waals surface area (Å²) in [5, 5.41) is 0. The number of hydrogen-bond acceptors (Lipinski definition) is 3. The van der Waals surface area contributed by atoms with Gasteiger partial charge in [-0.15, -0.1) is 6.58 Å². The fraction of sp³-hybridized carbons (Fsp3) is 0.250. The molecule has 62 valence electrons. The van der Waals surface area contributed by atoms with Crippen LogP contribution in [-0.4, -0.2) is 11.9 Å². The summed E-state index contributed by atoms with van der Waals surface area (Å²) in [6.45, 7) is 7.50. The summed E-state index contributed by atoms with van der Waals surface area (Å²) in [6.07, 6.45) is 2.17. The van der Waals surface area contributed by atoms with E-state index in [0.29, 0.717) is 0 Å². The molecule has 0 aromatic heterocycles. The van der Waals surface area contributed by atoms with Gasteiger partial charge in [-0.3, -0.25) is 0 Å². The smallest absolute Gasteiger partial charge is 1.00 e. The minimum absolute atomic E-state index is 0. The van der Waals surface area contributed by atoms with Crippen molar-refractivity contribution in [2.75, 3.05) is 0 Å². The van der Waals surface area contributed by atoms with Crippen molar-refractivity contribution >= 4 is 11.9 Å². The number of hydrogen-bond donors (Lipinski definition) is 0. The van der Waals surface area contributed by atoms with E-state index < -0.39 is 11.9 Å². The van der Waals surface area contributed by atoms with Crippen LogP contribution in [0.1, 0.15) is 15.3 Å². The van der Waals surface area contributed by atoms with Crippen molar-refractivity contribution in [1.29, 1.82) is 0 Å². The number of allylic oxidation sites excluding steroid dienone is 1. The third-order valence-corrected chi connectivity index (χ3v) is 0.557. The Morgan fingerprint density at radius 3 is 1.67 bits per heavy atom. The third-order valence-electron chi connectivity index (χ3n) is 0.557. The molecule has 1 rings (SSSR count). The zero-order chi connectivity index (χ0) is 8.85. The van der Waals surface area contributed by atoms with Crippen LogP contribution in [0.5, 0.6) is 0 Å². The van der Waals surface area contributed by atoms with Crippen molar-refractivity contribution in [2.45, 2.75) is 13.8 Å². The molecular weight excluding hydrogens is 167 g/mol. The van der Waals surface area contributed by atoms with Gasteiger partial charge in [0.1, 0.15) is 0 Å². The fourth-order valence-electron chi connectivity index (χ4n) is 0.303. The normalized spacial score (nSPS) is 12.5. The summed E-state index contributed by atoms with van der Waals surface area (Å²) in [5.41, 5.74) is 1.17. The molecule has 0 aromatic rings. The molecule has 1 aliphatic heterocycles. The number of cyclic esters (lactones) is 2. The van der Waals surface area contributed by atoms with Gasteiger partial charge in [-0.05, 0) is 13.8 Å². The van der Waals surface area contributed by atoms with E-state index in [1.165, 1.54) is 5.57 Å². The fourth-order valence-corrected chi connectivity index (χ4v) is 0.303. The van der Waals surface area contributed by atoms with Gasteiger partial charge in [0.05, 0.1) is 0 Å². The Morgan fingerprint density at radius 1 is 1.33 bits per heavy atom. The van der Waals surface area contributed by atoms with Crippen molar-refractivity contribution in [3.05, 3.63) is 24.3 Å². The molecule has 3 nitrogen and oxygen atoms in total. The van der Waals surface area contributed by atoms with Gasteiger partial charge in [-0.2, -0.15) is 0 Å². The first-order chi connectivity index (χ1) is 5.02. The standard InChI is InChI=1S/C4H2O3.C4H8.Na.H/c5-3-1-2-4(6)7-3;1-4(2)3;;/h1-2H;1H2,2-3H3;;/q;;+1;-1. The molecule has 0 bridgehead atoms. The number of esters is 2. The molecule has 0 fully saturated rings. The van der Waals surface area contributed by atoms with E-state index in [-0.39, 0.29) is 31.0 Å². The molecule has 0 unspecified atom stereocenters. The van der Waals surface area contributed by atoms with Gasteiger partial charge in [0.25, 0.3) is 0 Å². The summed E-state index contributed by atoms with van der Waals surface area (Å²) in [5.74, 6) is -1.16. The molecule has 0 amide bonds. The van der Waals surface area contributed by atoms with Crippen LogP contribution in [-0.2, 0) is 14.3 Å². The number of ether oxygens (including phenoxy) is 1. The second kappa shape index (κ2) is 7.28. The monoisotopic (exact) mass is 178 g/mol. The van der Waals surface area contributed by atoms with E-state index in [4.69, 9.17) is 0 Å². The maximum Gasteiger partial charge on any atom is 1.00 e. The van der Waals surface area contributed by atoms with Gasteiger partial charge >= 0.3 is 41.5 Å². The molecule has 0 atom stereocenters. The quantitative estimate of drug-likeness (QED) is 0.193. The van der Waals surface area contributed by atoms with Crippen LogP contribution in [0.15, 0.2) is 24.3 Å². The summed E-state index contributed by atoms with van der Waals surface area (Å²) in [4.78, 5) is 19.8. The summed E-state index contributed by atoms with van der Waals surface area (Å²) in [7, 11) is 0. The predicted octanol–water partition coefficient (Wildman–Crippen LogP) is -1.68. The van der Waals surface area contributed by atoms with E-state index in [1.807, 2.05) is 13.8 Å². The van der Waals surface area contributed by atoms with Crippen LogP contribution in [0.2, 0.25) is 0 Å². The van der Waals surface area contributed by atoms with E-state index >= 15 is 0 Å². The van der Waals surface area contributed by atoms with Gasteiger partial charge in [-0.25, -0.2) is 9.59 Å². The van der Waals surface area contributed by atoms with Crippen LogP contribution in [0, 0.1) is 0 Å². The average Bonchev–Trinajstić information content (AvgIpc) is 2.13. The second-order valence-electron chi connectivity index (χ2n) is 2.28. The predicted molar refractivity (Wildman–Crippen MR) is 41.8 cm³/mol. The molecule has 0 saturated heterocycles. The van der Waals surface area contributed by atoms with E-state index in [9.17, 15) is 9.59 Å². The van der Waals surface area contributed by atoms with Crippen molar-refractivity contribution in [2.24, 2.45) is 0 Å². The molecule has 4 heteroatoms. The molecule has 0 aromatic carbocycles. The molecule has 1 heterocycles. The summed E-state index contributed by atoms with van der Waals surface area (Å²) < 4.78 is 3.97. The second-order valence-corrected chi connectivity index (χ2v) is 2.28. The maximum atomic E-state index is 9.92. The number of rotatable bonds is 0. The van der Waals surface area contributed by atoms with Crippen molar-refractivity contribution in [3.63, 3.8) is 0 Å². The molecule has 12 heavy (non-hydrogen) atoms. The first-order valence-corrected chi connectivity index (χ1v) is 3.08. The Kier molecular flexibility index (Phi) is 8.59. The molecule has 0 radical (unpaired) electrons. The SMILES string of the molecule is C=C(C)C.O=C1C=CC(=O)O1.[H-].[Na+]. The van der Waals surface area contributed by atoms with Crippen LogP contribution in [0.25, 0.3) is 0 Å². The number of carbonyl (C=O) groups is 2. The van der Waals surface area contributed by atoms with Crippen LogP contribution < -0.4 is 29.6 Å². The van der Waals surface area contributed by atoms with Crippen molar-refractivity contribution in [1.82, 2.24) is 0 Å². The van der Waals surface area contributed by atoms with Gasteiger partial charge in [0, 0.05) is 12.2 Å². The molecule has 0 aliphatic carbocycles. The van der Waals surface area contributed by atoms with Gasteiger partial charge in [0.15, 0.2) is 0 Å². The number of carbonyl (C=O) groups excluding carboxylic acids is 2. The topological polar surface area (TPSA) is 43.4 Å². The van der Waals surface area contributed by atoms with Gasteiger partial charge in [-0.1, -0.05) is 5.57 Å². The van der Waals surface area contributed by atoms with Gasteiger partial charge < -0.3 is 6.16 Å². The third kappa shape index (κ3) is 9.62. The summed E-state index contributed by atoms with van der Waals surface area (Å²) >= 11 is 0. The Hall–Kier alpha value is -0.380. The Labute approximate surface area is 95.2 Å². The molecule has 1 aliphatic rings. The minimum atomic E-state index is -0.579. The molecular formula is C8H11NaO3. The van der Waals surface area contributed by atoms with Gasteiger partial charge in [0.2, 0.25) is 0 Å². The van der Waals surface area contributed by atoms with E-state index in [0.717, 1.165) is 12.2 Å². The Bertz CT molecular complexity index is 203. The summed E-state index contributed by atoms with van der Waals surface area (Å²) in [6, 6.07) is 0. The molecule has 0 saturated carbocycles. The largest absolute Gasteiger partial charge is 1.00 e. The minimum Gasteiger partial charge on any atom is -1.00 e. The zero-order valence-corrected chi connectivity index (χ0v) is 9.59. The first-order valence-electron chi connectivity index (χ1n) is 3.08. The van der Waals surface area contributed by atoms with Crippen molar-refractivity contribution in [3.8, 4) is 0 Å². The zero-order valence-electron chi connectivity index (χ0n) is 8.59. The van der Waals surface area contributed by atoms with Crippen molar-refractivity contribution < 1.29 is 45.3 Å². The molecule has 0 spiro atoms. The Morgan fingerprint density at radius 2 is 1.58 bits per heavy atom. The van der Waals surface area contributed by atoms with E-state index in [2.05, 4.69) is 11.3 Å².